The Balaban J connectivity index is 1.59. The average molecular weight is 346 g/mol. The summed E-state index contributed by atoms with van der Waals surface area (Å²) >= 11 is 0. The van der Waals surface area contributed by atoms with Gasteiger partial charge in [0.15, 0.2) is 0 Å². The number of carbonyl (C=O) groups is 2. The van der Waals surface area contributed by atoms with Crippen LogP contribution in [-0.2, 0) is 16.0 Å². The molecule has 2 aliphatic rings. The number of hydrogen-bond donors (Lipinski definition) is 1. The number of nitrogens with one attached hydrogen (secondary N) is 1. The molecule has 3 rings (SSSR count). The Morgan fingerprint density at radius 1 is 1.20 bits per heavy atom. The van der Waals surface area contributed by atoms with E-state index in [1.165, 1.54) is 25.0 Å². The van der Waals surface area contributed by atoms with Gasteiger partial charge in [-0.2, -0.15) is 0 Å². The SMILES string of the molecule is CC1(C(=O)NC2CCCC2)CCCN1C(=O)CCc1ccc(F)cc1. The fourth-order valence-corrected chi connectivity index (χ4v) is 4.05. The highest BCUT2D eigenvalue weighted by Crippen LogP contribution is 2.31. The van der Waals surface area contributed by atoms with Crippen molar-refractivity contribution in [3.8, 4) is 0 Å². The Morgan fingerprint density at radius 3 is 2.56 bits per heavy atom. The molecule has 1 N–H and O–H groups in total. The number of amides is 2. The highest BCUT2D eigenvalue weighted by Gasteiger charge is 2.45. The van der Waals surface area contributed by atoms with Crippen molar-refractivity contribution in [2.24, 2.45) is 0 Å². The fraction of sp³-hybridized carbons (Fsp3) is 0.600. The van der Waals surface area contributed by atoms with Crippen molar-refractivity contribution < 1.29 is 14.0 Å². The molecule has 1 aromatic carbocycles. The van der Waals surface area contributed by atoms with Gasteiger partial charge in [-0.25, -0.2) is 4.39 Å². The lowest BCUT2D eigenvalue weighted by Crippen LogP contribution is -2.57. The molecule has 136 valence electrons. The molecule has 1 heterocycles. The largest absolute Gasteiger partial charge is 0.351 e. The van der Waals surface area contributed by atoms with Gasteiger partial charge in [0.2, 0.25) is 11.8 Å². The Hall–Kier alpha value is -1.91. The zero-order valence-electron chi connectivity index (χ0n) is 14.9. The topological polar surface area (TPSA) is 49.4 Å². The maximum atomic E-state index is 13.0. The van der Waals surface area contributed by atoms with E-state index in [0.717, 1.165) is 24.8 Å². The molecule has 1 unspecified atom stereocenters. The minimum absolute atomic E-state index is 0.00546. The lowest BCUT2D eigenvalue weighted by Gasteiger charge is -2.35. The summed E-state index contributed by atoms with van der Waals surface area (Å²) in [5.41, 5.74) is 0.203. The minimum Gasteiger partial charge on any atom is -0.351 e. The number of rotatable bonds is 5. The van der Waals surface area contributed by atoms with Crippen LogP contribution < -0.4 is 5.32 Å². The van der Waals surface area contributed by atoms with Gasteiger partial charge in [-0.1, -0.05) is 25.0 Å². The third-order valence-electron chi connectivity index (χ3n) is 5.66. The van der Waals surface area contributed by atoms with E-state index < -0.39 is 5.54 Å². The molecule has 0 radical (unpaired) electrons. The van der Waals surface area contributed by atoms with E-state index in [-0.39, 0.29) is 23.7 Å². The van der Waals surface area contributed by atoms with Gasteiger partial charge in [-0.3, -0.25) is 9.59 Å². The molecule has 1 saturated carbocycles. The molecule has 25 heavy (non-hydrogen) atoms. The van der Waals surface area contributed by atoms with Gasteiger partial charge in [0.1, 0.15) is 11.4 Å². The van der Waals surface area contributed by atoms with Gasteiger partial charge >= 0.3 is 0 Å². The molecule has 1 saturated heterocycles. The highest BCUT2D eigenvalue weighted by atomic mass is 19.1. The van der Waals surface area contributed by atoms with Crippen LogP contribution in [0, 0.1) is 5.82 Å². The van der Waals surface area contributed by atoms with Gasteiger partial charge in [-0.15, -0.1) is 0 Å². The molecule has 1 atom stereocenters. The van der Waals surface area contributed by atoms with E-state index in [1.807, 2.05) is 6.92 Å². The highest BCUT2D eigenvalue weighted by molar-refractivity contribution is 5.92. The van der Waals surface area contributed by atoms with Gasteiger partial charge < -0.3 is 10.2 Å². The molecule has 0 bridgehead atoms. The van der Waals surface area contributed by atoms with E-state index >= 15 is 0 Å². The number of carbonyl (C=O) groups excluding carboxylic acids is 2. The number of hydrogen-bond acceptors (Lipinski definition) is 2. The Labute approximate surface area is 148 Å². The van der Waals surface area contributed by atoms with Gasteiger partial charge in [-0.05, 0) is 56.7 Å². The van der Waals surface area contributed by atoms with Crippen LogP contribution >= 0.6 is 0 Å². The van der Waals surface area contributed by atoms with E-state index in [2.05, 4.69) is 5.32 Å². The second kappa shape index (κ2) is 7.54. The van der Waals surface area contributed by atoms with E-state index in [4.69, 9.17) is 0 Å². The van der Waals surface area contributed by atoms with Crippen molar-refractivity contribution in [1.29, 1.82) is 0 Å². The van der Waals surface area contributed by atoms with E-state index in [9.17, 15) is 14.0 Å². The van der Waals surface area contributed by atoms with Crippen molar-refractivity contribution in [3.63, 3.8) is 0 Å². The van der Waals surface area contributed by atoms with Gasteiger partial charge in [0, 0.05) is 19.0 Å². The van der Waals surface area contributed by atoms with Crippen LogP contribution in [0.2, 0.25) is 0 Å². The third kappa shape index (κ3) is 4.02. The summed E-state index contributed by atoms with van der Waals surface area (Å²) in [4.78, 5) is 27.3. The molecule has 5 heteroatoms. The first-order valence-corrected chi connectivity index (χ1v) is 9.35. The third-order valence-corrected chi connectivity index (χ3v) is 5.66. The molecular weight excluding hydrogens is 319 g/mol. The molecular formula is C20H27FN2O2. The van der Waals surface area contributed by atoms with E-state index in [0.29, 0.717) is 25.8 Å². The number of aryl methyl sites for hydroxylation is 1. The summed E-state index contributed by atoms with van der Waals surface area (Å²) < 4.78 is 13.0. The summed E-state index contributed by atoms with van der Waals surface area (Å²) in [6, 6.07) is 6.50. The summed E-state index contributed by atoms with van der Waals surface area (Å²) in [5.74, 6) is -0.274. The number of nitrogens with zero attached hydrogens (tertiary/aromatic N) is 1. The Morgan fingerprint density at radius 2 is 1.88 bits per heavy atom. The van der Waals surface area contributed by atoms with Crippen molar-refractivity contribution in [1.82, 2.24) is 10.2 Å². The first kappa shape index (κ1) is 17.9. The number of halogens is 1. The van der Waals surface area contributed by atoms with Crippen LogP contribution in [-0.4, -0.2) is 34.8 Å². The molecule has 2 amide bonds. The summed E-state index contributed by atoms with van der Waals surface area (Å²) in [5, 5.41) is 3.15. The zero-order chi connectivity index (χ0) is 17.9. The van der Waals surface area contributed by atoms with Crippen molar-refractivity contribution >= 4 is 11.8 Å². The van der Waals surface area contributed by atoms with Gasteiger partial charge in [0.05, 0.1) is 0 Å². The van der Waals surface area contributed by atoms with Crippen LogP contribution in [0.4, 0.5) is 4.39 Å². The summed E-state index contributed by atoms with van der Waals surface area (Å²) in [6.45, 7) is 2.52. The smallest absolute Gasteiger partial charge is 0.245 e. The predicted octanol–water partition coefficient (Wildman–Crippen LogP) is 3.20. The van der Waals surface area contributed by atoms with Crippen molar-refractivity contribution in [2.75, 3.05) is 6.54 Å². The first-order valence-electron chi connectivity index (χ1n) is 9.35. The number of likely N-dealkylation sites (tertiary alicyclic amines) is 1. The molecule has 1 aromatic rings. The second-order valence-electron chi connectivity index (χ2n) is 7.50. The normalized spacial score (nSPS) is 23.8. The lowest BCUT2D eigenvalue weighted by molar-refractivity contribution is -0.144. The minimum atomic E-state index is -0.734. The Kier molecular flexibility index (Phi) is 5.40. The average Bonchev–Trinajstić information content (AvgIpc) is 3.24. The quantitative estimate of drug-likeness (QED) is 0.890. The maximum absolute atomic E-state index is 13.0. The van der Waals surface area contributed by atoms with Crippen molar-refractivity contribution in [2.45, 2.75) is 69.9 Å². The Bertz CT molecular complexity index is 625. The standard InChI is InChI=1S/C20H27FN2O2/c1-20(19(25)22-17-5-2-3-6-17)13-4-14-23(20)18(24)12-9-15-7-10-16(21)11-8-15/h7-8,10-11,17H,2-6,9,12-14H2,1H3,(H,22,25). The number of benzene rings is 1. The van der Waals surface area contributed by atoms with Crippen LogP contribution in [0.5, 0.6) is 0 Å². The van der Waals surface area contributed by atoms with Crippen LogP contribution in [0.3, 0.4) is 0 Å². The molecule has 0 spiro atoms. The zero-order valence-corrected chi connectivity index (χ0v) is 14.9. The second-order valence-corrected chi connectivity index (χ2v) is 7.50. The van der Waals surface area contributed by atoms with E-state index in [1.54, 1.807) is 17.0 Å². The van der Waals surface area contributed by atoms with Crippen molar-refractivity contribution in [3.05, 3.63) is 35.6 Å². The van der Waals surface area contributed by atoms with Crippen LogP contribution in [0.25, 0.3) is 0 Å². The fourth-order valence-electron chi connectivity index (χ4n) is 4.05. The lowest BCUT2D eigenvalue weighted by atomic mass is 9.96. The summed E-state index contributed by atoms with van der Waals surface area (Å²) in [7, 11) is 0. The summed E-state index contributed by atoms with van der Waals surface area (Å²) in [6.07, 6.45) is 6.91. The predicted molar refractivity (Wildman–Crippen MR) is 94.5 cm³/mol. The maximum Gasteiger partial charge on any atom is 0.245 e. The molecule has 2 fully saturated rings. The van der Waals surface area contributed by atoms with Crippen LogP contribution in [0.1, 0.15) is 57.4 Å². The first-order chi connectivity index (χ1) is 12.0. The molecule has 1 aliphatic carbocycles. The molecule has 4 nitrogen and oxygen atoms in total. The van der Waals surface area contributed by atoms with Crippen LogP contribution in [0.15, 0.2) is 24.3 Å². The molecule has 1 aliphatic heterocycles. The molecule has 0 aromatic heterocycles. The monoisotopic (exact) mass is 346 g/mol. The van der Waals surface area contributed by atoms with Gasteiger partial charge in [0.25, 0.3) is 0 Å².